The van der Waals surface area contributed by atoms with Crippen LogP contribution >= 0.6 is 22.6 Å². The molecule has 0 spiro atoms. The molecule has 1 rings (SSSR count). The van der Waals surface area contributed by atoms with Gasteiger partial charge in [0.25, 0.3) is 0 Å². The molecule has 0 unspecified atom stereocenters. The predicted octanol–water partition coefficient (Wildman–Crippen LogP) is 5.54. The zero-order valence-corrected chi connectivity index (χ0v) is 18.6. The van der Waals surface area contributed by atoms with E-state index in [-0.39, 0.29) is 12.1 Å². The molecule has 0 aromatic heterocycles. The highest BCUT2D eigenvalue weighted by molar-refractivity contribution is 14.1. The molecule has 1 aromatic carbocycles. The minimum absolute atomic E-state index is 0.209. The molecule has 0 aliphatic rings. The summed E-state index contributed by atoms with van der Waals surface area (Å²) in [5, 5.41) is 0. The van der Waals surface area contributed by atoms with Crippen molar-refractivity contribution in [2.75, 3.05) is 7.11 Å². The van der Waals surface area contributed by atoms with Gasteiger partial charge in [-0.15, -0.1) is 0 Å². The van der Waals surface area contributed by atoms with Crippen LogP contribution in [-0.4, -0.2) is 27.3 Å². The van der Waals surface area contributed by atoms with Crippen LogP contribution in [0, 0.1) is 0 Å². The van der Waals surface area contributed by atoms with Crippen LogP contribution < -0.4 is 4.74 Å². The minimum atomic E-state index is -1.43. The van der Waals surface area contributed by atoms with Crippen molar-refractivity contribution in [2.45, 2.75) is 58.4 Å². The molecule has 0 heterocycles. The van der Waals surface area contributed by atoms with Crippen molar-refractivity contribution in [1.82, 2.24) is 0 Å². The van der Waals surface area contributed by atoms with Crippen LogP contribution in [0.1, 0.15) is 33.3 Å². The van der Waals surface area contributed by atoms with Crippen molar-refractivity contribution in [1.29, 1.82) is 0 Å². The maximum atomic E-state index is 11.5. The van der Waals surface area contributed by atoms with Crippen LogP contribution in [-0.2, 0) is 16.0 Å². The number of carbonyl (C=O) groups excluding carboxylic acids is 1. The molecule has 5 heteroatoms. The van der Waals surface area contributed by atoms with Gasteiger partial charge in [0.2, 0.25) is 0 Å². The zero-order valence-electron chi connectivity index (χ0n) is 15.4. The van der Waals surface area contributed by atoms with Crippen molar-refractivity contribution in [3.63, 3.8) is 0 Å². The van der Waals surface area contributed by atoms with E-state index in [4.69, 9.17) is 9.47 Å². The third-order valence-electron chi connectivity index (χ3n) is 4.78. The molecule has 0 bridgehead atoms. The minimum Gasteiger partial charge on any atom is -0.497 e. The summed E-state index contributed by atoms with van der Waals surface area (Å²) in [6.45, 7) is 8.34. The fraction of sp³-hybridized carbons (Fsp3) is 0.526. The average molecular weight is 460 g/mol. The highest BCUT2D eigenvalue weighted by atomic mass is 127. The van der Waals surface area contributed by atoms with E-state index in [0.717, 1.165) is 11.3 Å². The third-order valence-corrected chi connectivity index (χ3v) is 13.8. The molecule has 0 radical (unpaired) electrons. The molecule has 0 N–H and O–H groups in total. The Hall–Kier alpha value is -0.823. The highest BCUT2D eigenvalue weighted by Crippen LogP contribution is 2.33. The molecular weight excluding hydrogens is 431 g/mol. The molecule has 134 valence electrons. The van der Waals surface area contributed by atoms with E-state index in [9.17, 15) is 4.79 Å². The highest BCUT2D eigenvalue weighted by Gasteiger charge is 2.31. The lowest BCUT2D eigenvalue weighted by Crippen LogP contribution is -2.33. The molecular formula is C19H29IO3Si. The Kier molecular flexibility index (Phi) is 9.05. The maximum absolute atomic E-state index is 11.5. The fourth-order valence-electron chi connectivity index (χ4n) is 2.94. The number of hydrogen-bond acceptors (Lipinski definition) is 3. The average Bonchev–Trinajstić information content (AvgIpc) is 2.57. The summed E-state index contributed by atoms with van der Waals surface area (Å²) in [4.78, 5) is 11.5. The van der Waals surface area contributed by atoms with Gasteiger partial charge in [0.15, 0.2) is 0 Å². The Labute approximate surface area is 161 Å². The molecule has 0 saturated carbocycles. The van der Waals surface area contributed by atoms with E-state index >= 15 is 0 Å². The van der Waals surface area contributed by atoms with Gasteiger partial charge >= 0.3 is 5.97 Å². The molecule has 0 aliphatic heterocycles. The van der Waals surface area contributed by atoms with E-state index in [1.165, 1.54) is 28.3 Å². The summed E-state index contributed by atoms with van der Waals surface area (Å²) in [5.74, 6) is 0.605. The van der Waals surface area contributed by atoms with Crippen LogP contribution in [0.4, 0.5) is 0 Å². The predicted molar refractivity (Wildman–Crippen MR) is 112 cm³/mol. The summed E-state index contributed by atoms with van der Waals surface area (Å²) in [5.41, 5.74) is 1.14. The van der Waals surface area contributed by atoms with Gasteiger partial charge < -0.3 is 9.47 Å². The molecule has 0 saturated heterocycles. The van der Waals surface area contributed by atoms with E-state index in [1.807, 2.05) is 24.3 Å². The number of halogens is 1. The van der Waals surface area contributed by atoms with Gasteiger partial charge in [-0.1, -0.05) is 73.6 Å². The van der Waals surface area contributed by atoms with Crippen LogP contribution in [0.25, 0.3) is 0 Å². The topological polar surface area (TPSA) is 35.5 Å². The third kappa shape index (κ3) is 5.92. The van der Waals surface area contributed by atoms with E-state index in [2.05, 4.69) is 49.4 Å². The SMILES string of the molecule is CC[Si](CC)(CC)/C(I)=C/[C@@H](Cc1ccc(OC)cc1)OC(C)=O. The standard InChI is InChI=1S/C19H29IO3Si/c1-6-24(7-2,8-3)19(20)14-18(23-15(4)21)13-16-9-11-17(22-5)12-10-16/h9-12,14,18H,6-8,13H2,1-5H3/b19-14+/t18-/m1/s1. The Balaban J connectivity index is 3.02. The van der Waals surface area contributed by atoms with Gasteiger partial charge in [0.1, 0.15) is 11.9 Å². The first-order valence-electron chi connectivity index (χ1n) is 8.58. The van der Waals surface area contributed by atoms with E-state index < -0.39 is 8.07 Å². The molecule has 1 atom stereocenters. The number of benzene rings is 1. The van der Waals surface area contributed by atoms with E-state index in [0.29, 0.717) is 6.42 Å². The fourth-order valence-corrected chi connectivity index (χ4v) is 9.82. The Bertz CT molecular complexity index is 542. The Morgan fingerprint density at radius 2 is 1.71 bits per heavy atom. The summed E-state index contributed by atoms with van der Waals surface area (Å²) >= 11 is 2.48. The number of rotatable bonds is 9. The van der Waals surface area contributed by atoms with Gasteiger partial charge in [0, 0.05) is 13.3 Å². The number of hydrogen-bond donors (Lipinski definition) is 0. The van der Waals surface area contributed by atoms with Gasteiger partial charge in [-0.05, 0) is 27.0 Å². The van der Waals surface area contributed by atoms with Gasteiger partial charge in [-0.3, -0.25) is 4.79 Å². The second kappa shape index (κ2) is 10.2. The van der Waals surface area contributed by atoms with Crippen LogP contribution in [0.3, 0.4) is 0 Å². The van der Waals surface area contributed by atoms with Crippen molar-refractivity contribution < 1.29 is 14.3 Å². The smallest absolute Gasteiger partial charge is 0.303 e. The summed E-state index contributed by atoms with van der Waals surface area (Å²) in [7, 11) is 0.229. The maximum Gasteiger partial charge on any atom is 0.303 e. The first-order valence-corrected chi connectivity index (χ1v) is 12.3. The largest absolute Gasteiger partial charge is 0.497 e. The van der Waals surface area contributed by atoms with Gasteiger partial charge in [0.05, 0.1) is 15.2 Å². The van der Waals surface area contributed by atoms with Gasteiger partial charge in [-0.25, -0.2) is 0 Å². The molecule has 0 amide bonds. The number of ether oxygens (including phenoxy) is 2. The summed E-state index contributed by atoms with van der Waals surface area (Å²) < 4.78 is 12.2. The number of carbonyl (C=O) groups is 1. The Morgan fingerprint density at radius 3 is 2.12 bits per heavy atom. The van der Waals surface area contributed by atoms with Crippen LogP contribution in [0.5, 0.6) is 5.75 Å². The second-order valence-corrected chi connectivity index (χ2v) is 13.5. The molecule has 0 aliphatic carbocycles. The molecule has 24 heavy (non-hydrogen) atoms. The quantitative estimate of drug-likeness (QED) is 0.276. The molecule has 1 aromatic rings. The second-order valence-electron chi connectivity index (χ2n) is 6.06. The van der Waals surface area contributed by atoms with Crippen molar-refractivity contribution >= 4 is 36.6 Å². The Morgan fingerprint density at radius 1 is 1.17 bits per heavy atom. The lowest BCUT2D eigenvalue weighted by atomic mass is 10.1. The summed E-state index contributed by atoms with van der Waals surface area (Å²) in [6, 6.07) is 11.6. The van der Waals surface area contributed by atoms with Crippen molar-refractivity contribution in [3.8, 4) is 5.75 Å². The van der Waals surface area contributed by atoms with Crippen LogP contribution in [0.15, 0.2) is 33.5 Å². The van der Waals surface area contributed by atoms with Crippen molar-refractivity contribution in [3.05, 3.63) is 39.1 Å². The van der Waals surface area contributed by atoms with Gasteiger partial charge in [-0.2, -0.15) is 0 Å². The van der Waals surface area contributed by atoms with Crippen LogP contribution in [0.2, 0.25) is 18.1 Å². The summed E-state index contributed by atoms with van der Waals surface area (Å²) in [6.07, 6.45) is 2.67. The first-order chi connectivity index (χ1) is 11.4. The first kappa shape index (κ1) is 21.2. The monoisotopic (exact) mass is 460 g/mol. The van der Waals surface area contributed by atoms with Crippen molar-refractivity contribution in [2.24, 2.45) is 0 Å². The lowest BCUT2D eigenvalue weighted by molar-refractivity contribution is -0.144. The normalized spacial score (nSPS) is 13.5. The zero-order chi connectivity index (χ0) is 18.2. The number of methoxy groups -OCH3 is 1. The van der Waals surface area contributed by atoms with E-state index in [1.54, 1.807) is 7.11 Å². The number of esters is 1. The lowest BCUT2D eigenvalue weighted by Gasteiger charge is -2.29. The molecule has 3 nitrogen and oxygen atoms in total. The molecule has 0 fully saturated rings.